The van der Waals surface area contributed by atoms with Crippen molar-refractivity contribution in [2.24, 2.45) is 0 Å². The molecule has 0 radical (unpaired) electrons. The van der Waals surface area contributed by atoms with E-state index in [2.05, 4.69) is 181 Å². The predicted molar refractivity (Wildman–Crippen MR) is 200 cm³/mol. The van der Waals surface area contributed by atoms with Crippen LogP contribution in [-0.2, 0) is 0 Å². The van der Waals surface area contributed by atoms with Gasteiger partial charge in [0, 0.05) is 22.0 Å². The second kappa shape index (κ2) is 11.3. The summed E-state index contributed by atoms with van der Waals surface area (Å²) in [7, 11) is 0. The third-order valence-electron chi connectivity index (χ3n) is 9.21. The van der Waals surface area contributed by atoms with Crippen molar-refractivity contribution in [3.63, 3.8) is 0 Å². The maximum Gasteiger partial charge on any atom is 0.138 e. The fourth-order valence-electron chi connectivity index (χ4n) is 7.17. The maximum atomic E-state index is 5.29. The van der Waals surface area contributed by atoms with Crippen molar-refractivity contribution in [2.75, 3.05) is 4.90 Å². The molecule has 9 aromatic rings. The van der Waals surface area contributed by atoms with E-state index in [9.17, 15) is 0 Å². The highest BCUT2D eigenvalue weighted by molar-refractivity contribution is 6.26. The molecule has 0 aliphatic carbocycles. The highest BCUT2D eigenvalue weighted by atomic mass is 15.2. The molecule has 0 aliphatic heterocycles. The van der Waals surface area contributed by atoms with Crippen molar-refractivity contribution in [2.45, 2.75) is 0 Å². The number of hydrogen-bond acceptors (Lipinski definition) is 2. The minimum atomic E-state index is 0.872. The van der Waals surface area contributed by atoms with Crippen LogP contribution >= 0.6 is 0 Å². The average Bonchev–Trinajstić information content (AvgIpc) is 3.15. The standard InChI is InChI=1S/C45H30N2/c1-3-16-31(17-4-1)42-28-15-29-43(46-42)47(33-19-5-2-6-20-33)45-39-26-13-11-24-37(39)44(38-25-12-14-27-40(38)45)41-30-32-18-7-8-21-34(32)35-22-9-10-23-36(35)41/h1-30H. The summed E-state index contributed by atoms with van der Waals surface area (Å²) < 4.78 is 0. The lowest BCUT2D eigenvalue weighted by atomic mass is 9.86. The van der Waals surface area contributed by atoms with Gasteiger partial charge in [-0.1, -0.05) is 152 Å². The molecule has 0 fully saturated rings. The Morgan fingerprint density at radius 2 is 0.915 bits per heavy atom. The number of fused-ring (bicyclic) bond motifs is 5. The summed E-state index contributed by atoms with van der Waals surface area (Å²) in [6.07, 6.45) is 0. The topological polar surface area (TPSA) is 16.1 Å². The molecule has 0 saturated carbocycles. The SMILES string of the molecule is c1ccc(-c2cccc(N(c3ccccc3)c3c4ccccc4c(-c4cc5ccccc5c5ccccc45)c4ccccc34)n2)cc1. The lowest BCUT2D eigenvalue weighted by Crippen LogP contribution is -2.13. The number of benzene rings is 8. The summed E-state index contributed by atoms with van der Waals surface area (Å²) in [6.45, 7) is 0. The van der Waals surface area contributed by atoms with Crippen LogP contribution in [0, 0.1) is 0 Å². The van der Waals surface area contributed by atoms with E-state index in [1.807, 2.05) is 6.07 Å². The van der Waals surface area contributed by atoms with E-state index >= 15 is 0 Å². The van der Waals surface area contributed by atoms with Gasteiger partial charge in [-0.2, -0.15) is 0 Å². The van der Waals surface area contributed by atoms with Crippen molar-refractivity contribution < 1.29 is 0 Å². The quantitative estimate of drug-likeness (QED) is 0.145. The number of para-hydroxylation sites is 1. The zero-order valence-corrected chi connectivity index (χ0v) is 25.7. The van der Waals surface area contributed by atoms with Crippen LogP contribution in [0.2, 0.25) is 0 Å². The highest BCUT2D eigenvalue weighted by Gasteiger charge is 2.24. The minimum absolute atomic E-state index is 0.872. The molecule has 220 valence electrons. The van der Waals surface area contributed by atoms with Crippen LogP contribution in [0.15, 0.2) is 182 Å². The zero-order chi connectivity index (χ0) is 31.2. The van der Waals surface area contributed by atoms with Crippen molar-refractivity contribution in [3.05, 3.63) is 182 Å². The minimum Gasteiger partial charge on any atom is -0.294 e. The molecule has 0 atom stereocenters. The molecule has 0 aliphatic rings. The molecule has 2 heteroatoms. The van der Waals surface area contributed by atoms with Gasteiger partial charge in [-0.3, -0.25) is 4.90 Å². The molecule has 9 rings (SSSR count). The van der Waals surface area contributed by atoms with Gasteiger partial charge >= 0.3 is 0 Å². The van der Waals surface area contributed by atoms with E-state index in [0.717, 1.165) is 28.5 Å². The Hall–Kier alpha value is -6.25. The van der Waals surface area contributed by atoms with Crippen LogP contribution in [-0.4, -0.2) is 4.98 Å². The predicted octanol–water partition coefficient (Wildman–Crippen LogP) is 12.5. The first-order valence-corrected chi connectivity index (χ1v) is 16.1. The number of aromatic nitrogens is 1. The molecule has 0 bridgehead atoms. The molecule has 0 amide bonds. The molecule has 47 heavy (non-hydrogen) atoms. The second-order valence-corrected chi connectivity index (χ2v) is 11.9. The summed E-state index contributed by atoms with van der Waals surface area (Å²) in [5, 5.41) is 9.81. The monoisotopic (exact) mass is 598 g/mol. The van der Waals surface area contributed by atoms with Crippen LogP contribution < -0.4 is 4.90 Å². The van der Waals surface area contributed by atoms with E-state index in [1.54, 1.807) is 0 Å². The van der Waals surface area contributed by atoms with E-state index in [-0.39, 0.29) is 0 Å². The molecule has 1 aromatic heterocycles. The Bertz CT molecular complexity index is 2510. The average molecular weight is 599 g/mol. The highest BCUT2D eigenvalue weighted by Crippen LogP contribution is 2.49. The van der Waals surface area contributed by atoms with Crippen LogP contribution in [0.25, 0.3) is 65.5 Å². The van der Waals surface area contributed by atoms with Crippen molar-refractivity contribution in [3.8, 4) is 22.4 Å². The summed E-state index contributed by atoms with van der Waals surface area (Å²) in [5.74, 6) is 0.872. The maximum absolute atomic E-state index is 5.29. The molecule has 0 unspecified atom stereocenters. The van der Waals surface area contributed by atoms with Gasteiger partial charge in [-0.15, -0.1) is 0 Å². The number of nitrogens with zero attached hydrogens (tertiary/aromatic N) is 2. The Kier molecular flexibility index (Phi) is 6.50. The summed E-state index contributed by atoms with van der Waals surface area (Å²) >= 11 is 0. The third-order valence-corrected chi connectivity index (χ3v) is 9.21. The smallest absolute Gasteiger partial charge is 0.138 e. The second-order valence-electron chi connectivity index (χ2n) is 11.9. The lowest BCUT2D eigenvalue weighted by molar-refractivity contribution is 1.20. The third kappa shape index (κ3) is 4.54. The molecule has 0 N–H and O–H groups in total. The molecular weight excluding hydrogens is 569 g/mol. The number of anilines is 3. The van der Waals surface area contributed by atoms with E-state index < -0.39 is 0 Å². The molecule has 0 spiro atoms. The van der Waals surface area contributed by atoms with Crippen molar-refractivity contribution >= 4 is 60.3 Å². The molecule has 2 nitrogen and oxygen atoms in total. The first-order chi connectivity index (χ1) is 23.3. The molecule has 8 aromatic carbocycles. The number of pyridine rings is 1. The van der Waals surface area contributed by atoms with Gasteiger partial charge in [0.05, 0.1) is 11.4 Å². The van der Waals surface area contributed by atoms with Gasteiger partial charge in [0.15, 0.2) is 0 Å². The summed E-state index contributed by atoms with van der Waals surface area (Å²) in [6, 6.07) is 65.0. The van der Waals surface area contributed by atoms with E-state index in [4.69, 9.17) is 4.98 Å². The fraction of sp³-hybridized carbons (Fsp3) is 0. The van der Waals surface area contributed by atoms with E-state index in [0.29, 0.717) is 0 Å². The summed E-state index contributed by atoms with van der Waals surface area (Å²) in [4.78, 5) is 7.62. The van der Waals surface area contributed by atoms with Gasteiger partial charge in [-0.05, 0) is 73.8 Å². The van der Waals surface area contributed by atoms with Crippen LogP contribution in [0.1, 0.15) is 0 Å². The van der Waals surface area contributed by atoms with Gasteiger partial charge in [-0.25, -0.2) is 4.98 Å². The molecular formula is C45H30N2. The van der Waals surface area contributed by atoms with Gasteiger partial charge in [0.1, 0.15) is 5.82 Å². The molecule has 1 heterocycles. The van der Waals surface area contributed by atoms with Crippen molar-refractivity contribution in [1.82, 2.24) is 4.98 Å². The summed E-state index contributed by atoms with van der Waals surface area (Å²) in [5.41, 5.74) is 6.71. The fourth-order valence-corrected chi connectivity index (χ4v) is 7.17. The Morgan fingerprint density at radius 3 is 1.60 bits per heavy atom. The number of hydrogen-bond donors (Lipinski definition) is 0. The first-order valence-electron chi connectivity index (χ1n) is 16.1. The first kappa shape index (κ1) is 27.1. The normalized spacial score (nSPS) is 11.4. The zero-order valence-electron chi connectivity index (χ0n) is 25.7. The Balaban J connectivity index is 1.40. The van der Waals surface area contributed by atoms with Gasteiger partial charge in [0.25, 0.3) is 0 Å². The van der Waals surface area contributed by atoms with E-state index in [1.165, 1.54) is 54.2 Å². The lowest BCUT2D eigenvalue weighted by Gasteiger charge is -2.29. The molecule has 0 saturated heterocycles. The van der Waals surface area contributed by atoms with Gasteiger partial charge in [0.2, 0.25) is 0 Å². The van der Waals surface area contributed by atoms with Gasteiger partial charge < -0.3 is 0 Å². The largest absolute Gasteiger partial charge is 0.294 e. The van der Waals surface area contributed by atoms with Crippen molar-refractivity contribution in [1.29, 1.82) is 0 Å². The van der Waals surface area contributed by atoms with Crippen LogP contribution in [0.4, 0.5) is 17.2 Å². The Labute approximate surface area is 273 Å². The number of rotatable bonds is 5. The van der Waals surface area contributed by atoms with Crippen LogP contribution in [0.3, 0.4) is 0 Å². The Morgan fingerprint density at radius 1 is 0.383 bits per heavy atom. The van der Waals surface area contributed by atoms with Crippen LogP contribution in [0.5, 0.6) is 0 Å².